The average molecular weight is 251 g/mol. The lowest BCUT2D eigenvalue weighted by molar-refractivity contribution is -0.386. The Labute approximate surface area is 104 Å². The molecule has 7 nitrogen and oxygen atoms in total. The average Bonchev–Trinajstić information content (AvgIpc) is 2.30. The zero-order valence-electron chi connectivity index (χ0n) is 10.2. The fourth-order valence-corrected chi connectivity index (χ4v) is 1.55. The topological polar surface area (TPSA) is 99.6 Å². The Bertz CT molecular complexity index is 508. The summed E-state index contributed by atoms with van der Waals surface area (Å²) in [6.45, 7) is 0. The standard InChI is InChI=1S/C11H13N3O4/c1-13(2)9(6-12)7-4-8(14(16)17)11(15)10(5-7)18-3/h4-5,9,15H,1-3H3. The van der Waals surface area contributed by atoms with Crippen LogP contribution in [-0.4, -0.2) is 36.1 Å². The maximum Gasteiger partial charge on any atom is 0.315 e. The van der Waals surface area contributed by atoms with Crippen molar-refractivity contribution < 1.29 is 14.8 Å². The van der Waals surface area contributed by atoms with Gasteiger partial charge in [-0.05, 0) is 25.7 Å². The van der Waals surface area contributed by atoms with E-state index in [1.165, 1.54) is 19.2 Å². The van der Waals surface area contributed by atoms with Crippen molar-refractivity contribution in [3.8, 4) is 17.6 Å². The Kier molecular flexibility index (Phi) is 4.07. The summed E-state index contributed by atoms with van der Waals surface area (Å²) >= 11 is 0. The van der Waals surface area contributed by atoms with Crippen molar-refractivity contribution in [3.63, 3.8) is 0 Å². The van der Waals surface area contributed by atoms with Gasteiger partial charge >= 0.3 is 5.69 Å². The van der Waals surface area contributed by atoms with Gasteiger partial charge in [-0.15, -0.1) is 0 Å². The highest BCUT2D eigenvalue weighted by atomic mass is 16.6. The van der Waals surface area contributed by atoms with Gasteiger partial charge in [0, 0.05) is 6.07 Å². The first-order valence-electron chi connectivity index (χ1n) is 5.03. The van der Waals surface area contributed by atoms with Crippen molar-refractivity contribution in [1.29, 1.82) is 5.26 Å². The number of phenolic OH excluding ortho intramolecular Hbond substituents is 1. The third kappa shape index (κ3) is 2.49. The van der Waals surface area contributed by atoms with Crippen LogP contribution in [0.5, 0.6) is 11.5 Å². The minimum atomic E-state index is -0.717. The number of nitro benzene ring substituents is 1. The molecule has 0 aromatic heterocycles. The molecule has 0 heterocycles. The number of aromatic hydroxyl groups is 1. The molecule has 1 N–H and O–H groups in total. The Hall–Kier alpha value is -2.33. The fraction of sp³-hybridized carbons (Fsp3) is 0.364. The van der Waals surface area contributed by atoms with Crippen LogP contribution in [0.15, 0.2) is 12.1 Å². The molecule has 0 aliphatic rings. The first-order valence-corrected chi connectivity index (χ1v) is 5.03. The van der Waals surface area contributed by atoms with Crippen molar-refractivity contribution in [2.24, 2.45) is 0 Å². The van der Waals surface area contributed by atoms with Crippen LogP contribution in [0.1, 0.15) is 11.6 Å². The maximum absolute atomic E-state index is 10.8. The van der Waals surface area contributed by atoms with Crippen LogP contribution in [0.2, 0.25) is 0 Å². The van der Waals surface area contributed by atoms with Gasteiger partial charge in [0.25, 0.3) is 0 Å². The van der Waals surface area contributed by atoms with E-state index in [1.807, 2.05) is 6.07 Å². The van der Waals surface area contributed by atoms with Crippen molar-refractivity contribution in [2.45, 2.75) is 6.04 Å². The second kappa shape index (κ2) is 5.33. The molecule has 0 radical (unpaired) electrons. The molecule has 96 valence electrons. The lowest BCUT2D eigenvalue weighted by Crippen LogP contribution is -2.18. The Morgan fingerprint density at radius 3 is 2.56 bits per heavy atom. The molecule has 0 bridgehead atoms. The third-order valence-corrected chi connectivity index (χ3v) is 2.45. The van der Waals surface area contributed by atoms with Crippen LogP contribution < -0.4 is 4.74 Å². The molecule has 1 unspecified atom stereocenters. The van der Waals surface area contributed by atoms with E-state index in [4.69, 9.17) is 10.00 Å². The van der Waals surface area contributed by atoms with Crippen LogP contribution in [0.3, 0.4) is 0 Å². The van der Waals surface area contributed by atoms with Crippen LogP contribution >= 0.6 is 0 Å². The zero-order chi connectivity index (χ0) is 13.9. The number of ether oxygens (including phenoxy) is 1. The molecule has 1 rings (SSSR count). The van der Waals surface area contributed by atoms with E-state index in [9.17, 15) is 15.2 Å². The molecule has 7 heteroatoms. The molecular weight excluding hydrogens is 238 g/mol. The second-order valence-electron chi connectivity index (χ2n) is 3.84. The number of hydrogen-bond donors (Lipinski definition) is 1. The van der Waals surface area contributed by atoms with E-state index in [0.717, 1.165) is 0 Å². The molecule has 0 amide bonds. The van der Waals surface area contributed by atoms with Gasteiger partial charge in [-0.25, -0.2) is 0 Å². The van der Waals surface area contributed by atoms with Gasteiger partial charge in [-0.1, -0.05) is 0 Å². The molecule has 0 saturated heterocycles. The third-order valence-electron chi connectivity index (χ3n) is 2.45. The SMILES string of the molecule is COc1cc(C(C#N)N(C)C)cc([N+](=O)[O-])c1O. The first-order chi connectivity index (χ1) is 8.42. The van der Waals surface area contributed by atoms with Gasteiger partial charge in [-0.2, -0.15) is 5.26 Å². The lowest BCUT2D eigenvalue weighted by Gasteiger charge is -2.18. The Morgan fingerprint density at radius 1 is 1.56 bits per heavy atom. The predicted molar refractivity (Wildman–Crippen MR) is 63.4 cm³/mol. The molecular formula is C11H13N3O4. The van der Waals surface area contributed by atoms with Crippen molar-refractivity contribution in [1.82, 2.24) is 4.90 Å². The van der Waals surface area contributed by atoms with Crippen LogP contribution in [0.25, 0.3) is 0 Å². The summed E-state index contributed by atoms with van der Waals surface area (Å²) in [7, 11) is 4.65. The van der Waals surface area contributed by atoms with Gasteiger partial charge in [-0.3, -0.25) is 15.0 Å². The summed E-state index contributed by atoms with van der Waals surface area (Å²) in [5, 5.41) is 29.5. The van der Waals surface area contributed by atoms with E-state index < -0.39 is 22.4 Å². The molecule has 1 aromatic rings. The minimum Gasteiger partial charge on any atom is -0.500 e. The van der Waals surface area contributed by atoms with Crippen LogP contribution in [0.4, 0.5) is 5.69 Å². The highest BCUT2D eigenvalue weighted by molar-refractivity contribution is 5.58. The van der Waals surface area contributed by atoms with Gasteiger partial charge < -0.3 is 9.84 Å². The van der Waals surface area contributed by atoms with Crippen LogP contribution in [0, 0.1) is 21.4 Å². The molecule has 18 heavy (non-hydrogen) atoms. The number of rotatable bonds is 4. The largest absolute Gasteiger partial charge is 0.500 e. The van der Waals surface area contributed by atoms with E-state index in [0.29, 0.717) is 5.56 Å². The normalized spacial score (nSPS) is 11.9. The summed E-state index contributed by atoms with van der Waals surface area (Å²) in [4.78, 5) is 11.7. The molecule has 0 aliphatic heterocycles. The van der Waals surface area contributed by atoms with Crippen molar-refractivity contribution >= 4 is 5.69 Å². The van der Waals surface area contributed by atoms with Gasteiger partial charge in [0.2, 0.25) is 5.75 Å². The number of phenols is 1. The summed E-state index contributed by atoms with van der Waals surface area (Å²) in [6, 6.07) is 3.95. The molecule has 1 aromatic carbocycles. The quantitative estimate of drug-likeness (QED) is 0.642. The number of nitro groups is 1. The molecule has 0 spiro atoms. The van der Waals surface area contributed by atoms with Gasteiger partial charge in [0.05, 0.1) is 18.1 Å². The smallest absolute Gasteiger partial charge is 0.315 e. The first kappa shape index (κ1) is 13.7. The number of nitrogens with zero attached hydrogens (tertiary/aromatic N) is 3. The summed E-state index contributed by atoms with van der Waals surface area (Å²) < 4.78 is 4.87. The second-order valence-corrected chi connectivity index (χ2v) is 3.84. The lowest BCUT2D eigenvalue weighted by atomic mass is 10.1. The molecule has 1 atom stereocenters. The predicted octanol–water partition coefficient (Wildman–Crippen LogP) is 1.44. The van der Waals surface area contributed by atoms with E-state index in [-0.39, 0.29) is 5.75 Å². The minimum absolute atomic E-state index is 0.0266. The van der Waals surface area contributed by atoms with E-state index in [1.54, 1.807) is 19.0 Å². The number of benzene rings is 1. The van der Waals surface area contributed by atoms with Crippen LogP contribution in [-0.2, 0) is 0 Å². The Balaban J connectivity index is 3.43. The van der Waals surface area contributed by atoms with E-state index >= 15 is 0 Å². The fourth-order valence-electron chi connectivity index (χ4n) is 1.55. The highest BCUT2D eigenvalue weighted by Crippen LogP contribution is 2.38. The van der Waals surface area contributed by atoms with Crippen molar-refractivity contribution in [2.75, 3.05) is 21.2 Å². The number of methoxy groups -OCH3 is 1. The van der Waals surface area contributed by atoms with Gasteiger partial charge in [0.1, 0.15) is 6.04 Å². The zero-order valence-corrected chi connectivity index (χ0v) is 10.2. The molecule has 0 fully saturated rings. The summed E-state index contributed by atoms with van der Waals surface area (Å²) in [5.74, 6) is -0.567. The monoisotopic (exact) mass is 251 g/mol. The molecule has 0 saturated carbocycles. The highest BCUT2D eigenvalue weighted by Gasteiger charge is 2.24. The van der Waals surface area contributed by atoms with Crippen molar-refractivity contribution in [3.05, 3.63) is 27.8 Å². The maximum atomic E-state index is 10.8. The van der Waals surface area contributed by atoms with Gasteiger partial charge in [0.15, 0.2) is 5.75 Å². The number of hydrogen-bond acceptors (Lipinski definition) is 6. The summed E-state index contributed by atoms with van der Waals surface area (Å²) in [5.41, 5.74) is -0.0877. The molecule has 0 aliphatic carbocycles. The van der Waals surface area contributed by atoms with E-state index in [2.05, 4.69) is 0 Å². The number of nitriles is 1. The Morgan fingerprint density at radius 2 is 2.17 bits per heavy atom. The summed E-state index contributed by atoms with van der Waals surface area (Å²) in [6.07, 6.45) is 0.